The molecule has 0 aromatic heterocycles. The summed E-state index contributed by atoms with van der Waals surface area (Å²) in [4.78, 5) is 26.7. The zero-order valence-electron chi connectivity index (χ0n) is 18.9. The number of nitrogens with one attached hydrogen (secondary N) is 1. The molecule has 0 saturated carbocycles. The predicted molar refractivity (Wildman–Crippen MR) is 120 cm³/mol. The molecule has 172 valence electrons. The fraction of sp³-hybridized carbons (Fsp3) is 0.440. The van der Waals surface area contributed by atoms with E-state index in [1.807, 2.05) is 36.4 Å². The summed E-state index contributed by atoms with van der Waals surface area (Å²) in [6.07, 6.45) is 1.13. The van der Waals surface area contributed by atoms with Gasteiger partial charge in [-0.1, -0.05) is 49.4 Å². The van der Waals surface area contributed by atoms with Crippen LogP contribution in [0.5, 0.6) is 0 Å². The first-order valence-corrected chi connectivity index (χ1v) is 10.8. The quantitative estimate of drug-likeness (QED) is 0.661. The highest BCUT2D eigenvalue weighted by Gasteiger charge is 2.31. The summed E-state index contributed by atoms with van der Waals surface area (Å²) in [7, 11) is 3.32. The van der Waals surface area contributed by atoms with E-state index in [1.165, 1.54) is 7.11 Å². The van der Waals surface area contributed by atoms with Crippen molar-refractivity contribution in [3.05, 3.63) is 71.0 Å². The Bertz CT molecular complexity index is 927. The van der Waals surface area contributed by atoms with Gasteiger partial charge >= 0.3 is 12.1 Å². The molecule has 2 aromatic rings. The number of methoxy groups -OCH3 is 1. The minimum Gasteiger partial charge on any atom is -0.467 e. The Kier molecular flexibility index (Phi) is 7.85. The number of carbonyl (C=O) groups is 2. The molecule has 6 nitrogen and oxygen atoms in total. The summed E-state index contributed by atoms with van der Waals surface area (Å²) in [5.74, 6) is -1.05. The monoisotopic (exact) mass is 442 g/mol. The smallest absolute Gasteiger partial charge is 0.408 e. The molecule has 7 heteroatoms. The number of benzene rings is 2. The highest BCUT2D eigenvalue weighted by atomic mass is 19.1. The molecule has 2 aromatic carbocycles. The van der Waals surface area contributed by atoms with Crippen LogP contribution in [0.15, 0.2) is 48.5 Å². The predicted octanol–water partition coefficient (Wildman–Crippen LogP) is 3.82. The van der Waals surface area contributed by atoms with Crippen LogP contribution in [0.3, 0.4) is 0 Å². The summed E-state index contributed by atoms with van der Waals surface area (Å²) in [6.45, 7) is 4.17. The molecule has 1 heterocycles. The van der Waals surface area contributed by atoms with Crippen LogP contribution < -0.4 is 5.32 Å². The van der Waals surface area contributed by atoms with Crippen LogP contribution >= 0.6 is 0 Å². The van der Waals surface area contributed by atoms with Gasteiger partial charge in [0.2, 0.25) is 0 Å². The molecule has 0 spiro atoms. The molecule has 1 fully saturated rings. The normalized spacial score (nSPS) is 16.8. The lowest BCUT2D eigenvalue weighted by molar-refractivity contribution is -0.143. The maximum atomic E-state index is 15.0. The Labute approximate surface area is 188 Å². The zero-order valence-corrected chi connectivity index (χ0v) is 18.9. The van der Waals surface area contributed by atoms with Crippen molar-refractivity contribution in [3.8, 4) is 0 Å². The van der Waals surface area contributed by atoms with Gasteiger partial charge in [-0.3, -0.25) is 0 Å². The Morgan fingerprint density at radius 3 is 2.47 bits per heavy atom. The van der Waals surface area contributed by atoms with Gasteiger partial charge < -0.3 is 19.7 Å². The number of piperidine rings is 1. The molecule has 1 amide bonds. The number of alkyl carbamates (subject to hydrolysis) is 1. The fourth-order valence-electron chi connectivity index (χ4n) is 3.95. The second kappa shape index (κ2) is 10.6. The van der Waals surface area contributed by atoms with Crippen LogP contribution in [0.25, 0.3) is 0 Å². The standard InChI is InChI=1S/C25H31FN2O4/c1-25(11-13-28(2)14-12-25)20-10-9-19(21(26)16-20)15-22(23(29)31-3)27-24(30)32-17-18-7-5-4-6-8-18/h4-10,16,22H,11-15,17H2,1-3H3,(H,27,30)/t22-/m0/s1. The third-order valence-corrected chi connectivity index (χ3v) is 6.26. The van der Waals surface area contributed by atoms with Crippen LogP contribution in [0.1, 0.15) is 36.5 Å². The number of carbonyl (C=O) groups excluding carboxylic acids is 2. The Morgan fingerprint density at radius 1 is 1.16 bits per heavy atom. The van der Waals surface area contributed by atoms with Crippen molar-refractivity contribution in [1.82, 2.24) is 10.2 Å². The van der Waals surface area contributed by atoms with Crippen molar-refractivity contribution < 1.29 is 23.5 Å². The number of amides is 1. The molecule has 1 N–H and O–H groups in total. The molecule has 0 bridgehead atoms. The van der Waals surface area contributed by atoms with Crippen LogP contribution in [0.4, 0.5) is 9.18 Å². The lowest BCUT2D eigenvalue weighted by Crippen LogP contribution is -2.43. The van der Waals surface area contributed by atoms with Crippen LogP contribution in [-0.2, 0) is 32.7 Å². The van der Waals surface area contributed by atoms with Gasteiger partial charge in [0.15, 0.2) is 0 Å². The zero-order chi connectivity index (χ0) is 23.1. The van der Waals surface area contributed by atoms with Crippen molar-refractivity contribution in [2.24, 2.45) is 0 Å². The summed E-state index contributed by atoms with van der Waals surface area (Å²) < 4.78 is 25.0. The SMILES string of the molecule is COC(=O)[C@H](Cc1ccc(C2(C)CCN(C)CC2)cc1F)NC(=O)OCc1ccccc1. The van der Waals surface area contributed by atoms with E-state index in [-0.39, 0.29) is 18.4 Å². The molecule has 3 rings (SSSR count). The van der Waals surface area contributed by atoms with Gasteiger partial charge in [-0.15, -0.1) is 0 Å². The molecule has 1 aliphatic heterocycles. The number of halogens is 1. The van der Waals surface area contributed by atoms with E-state index in [9.17, 15) is 14.0 Å². The number of hydrogen-bond donors (Lipinski definition) is 1. The van der Waals surface area contributed by atoms with Gasteiger partial charge in [0, 0.05) is 6.42 Å². The van der Waals surface area contributed by atoms with Gasteiger partial charge in [0.25, 0.3) is 0 Å². The summed E-state index contributed by atoms with van der Waals surface area (Å²) in [6, 6.07) is 13.3. The minimum absolute atomic E-state index is 0.0291. The molecule has 32 heavy (non-hydrogen) atoms. The summed E-state index contributed by atoms with van der Waals surface area (Å²) in [5, 5.41) is 2.50. The number of ether oxygens (including phenoxy) is 2. The lowest BCUT2D eigenvalue weighted by Gasteiger charge is -2.38. The van der Waals surface area contributed by atoms with Gasteiger partial charge in [-0.05, 0) is 61.2 Å². The number of esters is 1. The molecule has 1 atom stereocenters. The molecular formula is C25H31FN2O4. The van der Waals surface area contributed by atoms with Gasteiger partial charge in [0.05, 0.1) is 7.11 Å². The fourth-order valence-corrected chi connectivity index (χ4v) is 3.95. The van der Waals surface area contributed by atoms with Gasteiger partial charge in [0.1, 0.15) is 18.5 Å². The highest BCUT2D eigenvalue weighted by molar-refractivity contribution is 5.81. The molecule has 0 radical (unpaired) electrons. The van der Waals surface area contributed by atoms with E-state index < -0.39 is 23.9 Å². The highest BCUT2D eigenvalue weighted by Crippen LogP contribution is 2.35. The van der Waals surface area contributed by atoms with Crippen molar-refractivity contribution in [1.29, 1.82) is 0 Å². The van der Waals surface area contributed by atoms with Crippen LogP contribution in [0.2, 0.25) is 0 Å². The Hall–Kier alpha value is -2.93. The van der Waals surface area contributed by atoms with E-state index >= 15 is 0 Å². The summed E-state index contributed by atoms with van der Waals surface area (Å²) in [5.41, 5.74) is 2.04. The number of rotatable bonds is 7. The van der Waals surface area contributed by atoms with Crippen molar-refractivity contribution in [3.63, 3.8) is 0 Å². The largest absolute Gasteiger partial charge is 0.467 e. The number of hydrogen-bond acceptors (Lipinski definition) is 5. The first-order valence-electron chi connectivity index (χ1n) is 10.8. The average Bonchev–Trinajstić information content (AvgIpc) is 2.80. The van der Waals surface area contributed by atoms with E-state index in [0.29, 0.717) is 5.56 Å². The Morgan fingerprint density at radius 2 is 1.84 bits per heavy atom. The average molecular weight is 443 g/mol. The summed E-state index contributed by atoms with van der Waals surface area (Å²) >= 11 is 0. The third-order valence-electron chi connectivity index (χ3n) is 6.26. The topological polar surface area (TPSA) is 67.9 Å². The van der Waals surface area contributed by atoms with E-state index in [1.54, 1.807) is 12.1 Å². The molecular weight excluding hydrogens is 411 g/mol. The van der Waals surface area contributed by atoms with Crippen molar-refractivity contribution >= 4 is 12.1 Å². The van der Waals surface area contributed by atoms with Crippen LogP contribution in [0, 0.1) is 5.82 Å². The third kappa shape index (κ3) is 6.07. The van der Waals surface area contributed by atoms with Gasteiger partial charge in [-0.2, -0.15) is 0 Å². The van der Waals surface area contributed by atoms with E-state index in [0.717, 1.165) is 37.1 Å². The first-order chi connectivity index (χ1) is 15.3. The van der Waals surface area contributed by atoms with E-state index in [2.05, 4.69) is 24.2 Å². The Balaban J connectivity index is 1.66. The molecule has 0 aliphatic carbocycles. The number of nitrogens with zero attached hydrogens (tertiary/aromatic N) is 1. The minimum atomic E-state index is -1.05. The maximum Gasteiger partial charge on any atom is 0.408 e. The molecule has 1 aliphatic rings. The maximum absolute atomic E-state index is 15.0. The molecule has 1 saturated heterocycles. The first kappa shape index (κ1) is 23.7. The van der Waals surface area contributed by atoms with Crippen molar-refractivity contribution in [2.45, 2.75) is 44.2 Å². The second-order valence-corrected chi connectivity index (χ2v) is 8.66. The van der Waals surface area contributed by atoms with E-state index in [4.69, 9.17) is 9.47 Å². The lowest BCUT2D eigenvalue weighted by atomic mass is 9.74. The number of likely N-dealkylation sites (tertiary alicyclic amines) is 1. The second-order valence-electron chi connectivity index (χ2n) is 8.66. The molecule has 0 unspecified atom stereocenters. The van der Waals surface area contributed by atoms with Crippen molar-refractivity contribution in [2.75, 3.05) is 27.2 Å². The van der Waals surface area contributed by atoms with Gasteiger partial charge in [-0.25, -0.2) is 14.0 Å². The van der Waals surface area contributed by atoms with Crippen LogP contribution in [-0.4, -0.2) is 50.3 Å².